The number of amides is 1. The molecule has 0 spiro atoms. The van der Waals surface area contributed by atoms with Crippen molar-refractivity contribution in [2.75, 3.05) is 33.4 Å². The first-order chi connectivity index (χ1) is 11.2. The number of piperidine rings is 1. The molecule has 0 unspecified atom stereocenters. The molecule has 1 saturated carbocycles. The van der Waals surface area contributed by atoms with E-state index in [0.29, 0.717) is 12.5 Å². The summed E-state index contributed by atoms with van der Waals surface area (Å²) in [5, 5.41) is 6.60. The molecule has 1 amide bonds. The number of hydrogen-bond acceptors (Lipinski definition) is 3. The first kappa shape index (κ1) is 18.7. The second-order valence-electron chi connectivity index (χ2n) is 7.70. The van der Waals surface area contributed by atoms with Crippen LogP contribution in [0.3, 0.4) is 0 Å². The van der Waals surface area contributed by atoms with Crippen LogP contribution in [0.1, 0.15) is 64.7 Å². The minimum absolute atomic E-state index is 0.217. The number of methoxy groups -OCH3 is 1. The maximum absolute atomic E-state index is 12.7. The maximum Gasteiger partial charge on any atom is 0.228 e. The Hall–Kier alpha value is -0.610. The van der Waals surface area contributed by atoms with Crippen molar-refractivity contribution in [3.8, 4) is 0 Å². The van der Waals surface area contributed by atoms with Crippen LogP contribution in [0, 0.1) is 17.3 Å². The predicted octanol–water partition coefficient (Wildman–Crippen LogP) is 3.12. The largest absolute Gasteiger partial charge is 0.384 e. The Morgan fingerprint density at radius 2 is 1.83 bits per heavy atom. The Morgan fingerprint density at radius 1 is 1.17 bits per heavy atom. The van der Waals surface area contributed by atoms with E-state index in [-0.39, 0.29) is 11.3 Å². The van der Waals surface area contributed by atoms with Crippen molar-refractivity contribution in [3.05, 3.63) is 0 Å². The summed E-state index contributed by atoms with van der Waals surface area (Å²) in [7, 11) is 1.70. The molecule has 134 valence electrons. The standard InChI is InChI=1S/C19H36N2O2/c1-3-4-5-16-6-8-17(9-7-16)14-21-18(22)19(15-23-2)10-12-20-13-11-19/h16-17,20H,3-15H2,1-2H3,(H,21,22). The third-order valence-electron chi connectivity index (χ3n) is 5.95. The van der Waals surface area contributed by atoms with Crippen LogP contribution in [-0.2, 0) is 9.53 Å². The maximum atomic E-state index is 12.7. The molecular weight excluding hydrogens is 288 g/mol. The van der Waals surface area contributed by atoms with Crippen LogP contribution in [0.2, 0.25) is 0 Å². The highest BCUT2D eigenvalue weighted by Gasteiger charge is 2.39. The summed E-state index contributed by atoms with van der Waals surface area (Å²) in [6.07, 6.45) is 11.1. The Bertz CT molecular complexity index is 340. The van der Waals surface area contributed by atoms with Gasteiger partial charge in [-0.2, -0.15) is 0 Å². The van der Waals surface area contributed by atoms with Crippen molar-refractivity contribution < 1.29 is 9.53 Å². The zero-order valence-electron chi connectivity index (χ0n) is 15.2. The van der Waals surface area contributed by atoms with Crippen LogP contribution in [0.5, 0.6) is 0 Å². The van der Waals surface area contributed by atoms with Crippen molar-refractivity contribution >= 4 is 5.91 Å². The lowest BCUT2D eigenvalue weighted by molar-refractivity contribution is -0.136. The minimum atomic E-state index is -0.307. The summed E-state index contributed by atoms with van der Waals surface area (Å²) in [5.74, 6) is 1.83. The monoisotopic (exact) mass is 324 g/mol. The van der Waals surface area contributed by atoms with E-state index in [0.717, 1.165) is 38.4 Å². The van der Waals surface area contributed by atoms with E-state index in [2.05, 4.69) is 17.6 Å². The number of rotatable bonds is 8. The summed E-state index contributed by atoms with van der Waals surface area (Å²) in [6, 6.07) is 0. The van der Waals surface area contributed by atoms with Gasteiger partial charge in [0.2, 0.25) is 5.91 Å². The van der Waals surface area contributed by atoms with Crippen molar-refractivity contribution in [1.82, 2.24) is 10.6 Å². The average Bonchev–Trinajstić information content (AvgIpc) is 2.60. The lowest BCUT2D eigenvalue weighted by atomic mass is 9.77. The van der Waals surface area contributed by atoms with E-state index in [4.69, 9.17) is 4.74 Å². The highest BCUT2D eigenvalue weighted by molar-refractivity contribution is 5.83. The van der Waals surface area contributed by atoms with Gasteiger partial charge >= 0.3 is 0 Å². The van der Waals surface area contributed by atoms with Gasteiger partial charge in [0.25, 0.3) is 0 Å². The van der Waals surface area contributed by atoms with Gasteiger partial charge in [0.15, 0.2) is 0 Å². The van der Waals surface area contributed by atoms with Gasteiger partial charge in [-0.1, -0.05) is 39.0 Å². The van der Waals surface area contributed by atoms with Gasteiger partial charge in [0.05, 0.1) is 12.0 Å². The number of hydrogen-bond donors (Lipinski definition) is 2. The minimum Gasteiger partial charge on any atom is -0.384 e. The Kier molecular flexibility index (Phi) is 7.84. The van der Waals surface area contributed by atoms with E-state index >= 15 is 0 Å². The number of nitrogens with one attached hydrogen (secondary N) is 2. The van der Waals surface area contributed by atoms with Gasteiger partial charge in [0, 0.05) is 13.7 Å². The van der Waals surface area contributed by atoms with Crippen LogP contribution >= 0.6 is 0 Å². The summed E-state index contributed by atoms with van der Waals surface area (Å²) in [5.41, 5.74) is -0.307. The fourth-order valence-corrected chi connectivity index (χ4v) is 4.26. The van der Waals surface area contributed by atoms with Crippen LogP contribution in [0.15, 0.2) is 0 Å². The molecule has 4 nitrogen and oxygen atoms in total. The van der Waals surface area contributed by atoms with Gasteiger partial charge in [0.1, 0.15) is 0 Å². The number of unbranched alkanes of at least 4 members (excludes halogenated alkanes) is 1. The zero-order valence-corrected chi connectivity index (χ0v) is 15.2. The number of carbonyl (C=O) groups is 1. The quantitative estimate of drug-likeness (QED) is 0.721. The lowest BCUT2D eigenvalue weighted by Crippen LogP contribution is -2.51. The summed E-state index contributed by atoms with van der Waals surface area (Å²) < 4.78 is 5.36. The molecule has 1 heterocycles. The highest BCUT2D eigenvalue weighted by Crippen LogP contribution is 2.33. The normalized spacial score (nSPS) is 27.6. The highest BCUT2D eigenvalue weighted by atomic mass is 16.5. The lowest BCUT2D eigenvalue weighted by Gasteiger charge is -2.36. The fraction of sp³-hybridized carbons (Fsp3) is 0.947. The molecule has 1 aliphatic carbocycles. The molecular formula is C19H36N2O2. The van der Waals surface area contributed by atoms with Crippen molar-refractivity contribution in [1.29, 1.82) is 0 Å². The molecule has 0 atom stereocenters. The van der Waals surface area contributed by atoms with Crippen molar-refractivity contribution in [2.45, 2.75) is 64.7 Å². The molecule has 0 aromatic heterocycles. The Balaban J connectivity index is 1.73. The van der Waals surface area contributed by atoms with E-state index in [1.165, 1.54) is 44.9 Å². The molecule has 0 bridgehead atoms. The van der Waals surface area contributed by atoms with Gasteiger partial charge in [-0.3, -0.25) is 4.79 Å². The molecule has 0 aromatic carbocycles. The average molecular weight is 325 g/mol. The number of ether oxygens (including phenoxy) is 1. The molecule has 0 radical (unpaired) electrons. The third kappa shape index (κ3) is 5.46. The van der Waals surface area contributed by atoms with Gasteiger partial charge in [-0.25, -0.2) is 0 Å². The van der Waals surface area contributed by atoms with Crippen LogP contribution < -0.4 is 10.6 Å². The molecule has 1 saturated heterocycles. The van der Waals surface area contributed by atoms with E-state index < -0.39 is 0 Å². The van der Waals surface area contributed by atoms with Crippen LogP contribution in [0.25, 0.3) is 0 Å². The summed E-state index contributed by atoms with van der Waals surface area (Å²) >= 11 is 0. The first-order valence-corrected chi connectivity index (χ1v) is 9.68. The van der Waals surface area contributed by atoms with Gasteiger partial charge in [-0.05, 0) is 50.6 Å². The topological polar surface area (TPSA) is 50.4 Å². The molecule has 4 heteroatoms. The van der Waals surface area contributed by atoms with E-state index in [1.807, 2.05) is 0 Å². The van der Waals surface area contributed by atoms with Crippen molar-refractivity contribution in [2.24, 2.45) is 17.3 Å². The zero-order chi connectivity index (χ0) is 16.5. The summed E-state index contributed by atoms with van der Waals surface area (Å²) in [6.45, 7) is 5.51. The first-order valence-electron chi connectivity index (χ1n) is 9.68. The van der Waals surface area contributed by atoms with E-state index in [9.17, 15) is 4.79 Å². The predicted molar refractivity (Wildman–Crippen MR) is 94.4 cm³/mol. The van der Waals surface area contributed by atoms with Gasteiger partial charge in [-0.15, -0.1) is 0 Å². The van der Waals surface area contributed by atoms with E-state index in [1.54, 1.807) is 7.11 Å². The Labute approximate surface area is 142 Å². The molecule has 2 fully saturated rings. The molecule has 2 N–H and O–H groups in total. The fourth-order valence-electron chi connectivity index (χ4n) is 4.26. The molecule has 2 rings (SSSR count). The SMILES string of the molecule is CCCCC1CCC(CNC(=O)C2(COC)CCNCC2)CC1. The molecule has 23 heavy (non-hydrogen) atoms. The summed E-state index contributed by atoms with van der Waals surface area (Å²) in [4.78, 5) is 12.7. The molecule has 1 aliphatic heterocycles. The molecule has 0 aromatic rings. The van der Waals surface area contributed by atoms with Crippen LogP contribution in [-0.4, -0.2) is 39.3 Å². The second kappa shape index (κ2) is 9.63. The third-order valence-corrected chi connectivity index (χ3v) is 5.95. The second-order valence-corrected chi connectivity index (χ2v) is 7.70. The van der Waals surface area contributed by atoms with Crippen LogP contribution in [0.4, 0.5) is 0 Å². The Morgan fingerprint density at radius 3 is 2.43 bits per heavy atom. The van der Waals surface area contributed by atoms with Gasteiger partial charge < -0.3 is 15.4 Å². The number of carbonyl (C=O) groups excluding carboxylic acids is 1. The molecule has 2 aliphatic rings. The smallest absolute Gasteiger partial charge is 0.228 e. The van der Waals surface area contributed by atoms with Crippen molar-refractivity contribution in [3.63, 3.8) is 0 Å².